The zero-order chi connectivity index (χ0) is 33.7. The van der Waals surface area contributed by atoms with Gasteiger partial charge >= 0.3 is 18.3 Å². The highest BCUT2D eigenvalue weighted by Gasteiger charge is 2.37. The second kappa shape index (κ2) is 13.7. The molecule has 3 rings (SSSR count). The van der Waals surface area contributed by atoms with E-state index < -0.39 is 71.2 Å². The molecule has 0 spiro atoms. The third-order valence-corrected chi connectivity index (χ3v) is 6.32. The molecule has 0 aliphatic carbocycles. The number of amides is 2. The number of ether oxygens (including phenoxy) is 1. The van der Waals surface area contributed by atoms with Gasteiger partial charge < -0.3 is 26.2 Å². The number of anilines is 1. The van der Waals surface area contributed by atoms with Crippen LogP contribution in [0.4, 0.5) is 32.0 Å². The normalized spacial score (nSPS) is 13.5. The van der Waals surface area contributed by atoms with E-state index in [0.717, 1.165) is 0 Å². The van der Waals surface area contributed by atoms with E-state index >= 15 is 0 Å². The molecule has 2 atom stereocenters. The molecule has 1 unspecified atom stereocenters. The number of carbonyl (C=O) groups excluding carboxylic acids is 3. The van der Waals surface area contributed by atoms with Crippen LogP contribution >= 0.6 is 0 Å². The predicted molar refractivity (Wildman–Crippen MR) is 152 cm³/mol. The summed E-state index contributed by atoms with van der Waals surface area (Å²) in [5.41, 5.74) is 1.99. The van der Waals surface area contributed by atoms with Crippen molar-refractivity contribution in [2.45, 2.75) is 57.2 Å². The third-order valence-electron chi connectivity index (χ3n) is 6.32. The predicted octanol–water partition coefficient (Wildman–Crippen LogP) is 5.65. The molecule has 3 aromatic rings. The summed E-state index contributed by atoms with van der Waals surface area (Å²) in [7, 11) is 0. The molecular weight excluding hydrogens is 608 g/mol. The van der Waals surface area contributed by atoms with Crippen molar-refractivity contribution in [3.05, 3.63) is 100 Å². The molecule has 0 saturated carbocycles. The maximum atomic E-state index is 13.2. The van der Waals surface area contributed by atoms with Crippen LogP contribution in [-0.2, 0) is 28.3 Å². The zero-order valence-electron chi connectivity index (χ0n) is 24.3. The smallest absolute Gasteiger partial charge is 0.416 e. The van der Waals surface area contributed by atoms with Gasteiger partial charge in [0.1, 0.15) is 11.6 Å². The van der Waals surface area contributed by atoms with Gasteiger partial charge in [-0.1, -0.05) is 30.3 Å². The quantitative estimate of drug-likeness (QED) is 0.177. The van der Waals surface area contributed by atoms with E-state index in [-0.39, 0.29) is 29.2 Å². The van der Waals surface area contributed by atoms with Gasteiger partial charge in [0.25, 0.3) is 11.8 Å². The van der Waals surface area contributed by atoms with Gasteiger partial charge in [-0.25, -0.2) is 4.79 Å². The summed E-state index contributed by atoms with van der Waals surface area (Å²) < 4.78 is 84.8. The first-order valence-electron chi connectivity index (χ1n) is 13.5. The first-order valence-corrected chi connectivity index (χ1v) is 13.5. The Morgan fingerprint density at radius 3 is 1.91 bits per heavy atom. The number of carbonyl (C=O) groups is 3. The molecule has 0 saturated heterocycles. The maximum absolute atomic E-state index is 13.2. The summed E-state index contributed by atoms with van der Waals surface area (Å²) in [5, 5.41) is 14.6. The number of hydrogen-bond acceptors (Lipinski definition) is 6. The SMILES string of the molecule is CC(C)(C)OC(=O)C(N)c1ccc(C(=O)N[C@@H](CO)Cc2ccccc2C(=O)Nc2cc(C(F)(F)F)cc(C(F)(F)F)c2)cc1. The van der Waals surface area contributed by atoms with Crippen LogP contribution in [0.5, 0.6) is 0 Å². The molecule has 0 aromatic heterocycles. The summed E-state index contributed by atoms with van der Waals surface area (Å²) in [6.07, 6.45) is -10.3. The highest BCUT2D eigenvalue weighted by atomic mass is 19.4. The van der Waals surface area contributed by atoms with E-state index in [2.05, 4.69) is 10.6 Å². The van der Waals surface area contributed by atoms with Crippen molar-refractivity contribution in [1.29, 1.82) is 0 Å². The minimum absolute atomic E-state index is 0.0545. The van der Waals surface area contributed by atoms with Crippen LogP contribution in [0.15, 0.2) is 66.7 Å². The number of hydrogen-bond donors (Lipinski definition) is 4. The van der Waals surface area contributed by atoms with E-state index in [0.29, 0.717) is 17.7 Å². The summed E-state index contributed by atoms with van der Waals surface area (Å²) in [6, 6.07) is 10.2. The van der Waals surface area contributed by atoms with Crippen molar-refractivity contribution in [3.63, 3.8) is 0 Å². The minimum atomic E-state index is -5.10. The minimum Gasteiger partial charge on any atom is -0.459 e. The second-order valence-corrected chi connectivity index (χ2v) is 11.1. The molecule has 0 aliphatic heterocycles. The van der Waals surface area contributed by atoms with Crippen molar-refractivity contribution < 1.29 is 50.6 Å². The molecule has 0 bridgehead atoms. The number of rotatable bonds is 9. The van der Waals surface area contributed by atoms with Gasteiger partial charge in [0, 0.05) is 16.8 Å². The Balaban J connectivity index is 1.75. The molecule has 0 heterocycles. The topological polar surface area (TPSA) is 131 Å². The number of aliphatic hydroxyl groups is 1. The van der Waals surface area contributed by atoms with Gasteiger partial charge in [-0.15, -0.1) is 0 Å². The Morgan fingerprint density at radius 1 is 0.844 bits per heavy atom. The number of aliphatic hydroxyl groups excluding tert-OH is 1. The van der Waals surface area contributed by atoms with Crippen LogP contribution in [0.1, 0.15) is 69.8 Å². The van der Waals surface area contributed by atoms with E-state index in [1.165, 1.54) is 48.5 Å². The first kappa shape index (κ1) is 35.1. The number of nitrogens with one attached hydrogen (secondary N) is 2. The highest BCUT2D eigenvalue weighted by Crippen LogP contribution is 2.37. The van der Waals surface area contributed by atoms with E-state index in [9.17, 15) is 45.8 Å². The number of esters is 1. The molecule has 8 nitrogen and oxygen atoms in total. The van der Waals surface area contributed by atoms with Crippen LogP contribution < -0.4 is 16.4 Å². The van der Waals surface area contributed by atoms with Crippen molar-refractivity contribution in [1.82, 2.24) is 5.32 Å². The molecule has 242 valence electrons. The first-order chi connectivity index (χ1) is 20.8. The average molecular weight is 640 g/mol. The summed E-state index contributed by atoms with van der Waals surface area (Å²) >= 11 is 0. The Morgan fingerprint density at radius 2 is 1.40 bits per heavy atom. The zero-order valence-corrected chi connectivity index (χ0v) is 24.3. The Hall–Kier alpha value is -4.43. The molecule has 0 fully saturated rings. The molecule has 3 aromatic carbocycles. The lowest BCUT2D eigenvalue weighted by Gasteiger charge is -2.22. The Bertz CT molecular complexity index is 1500. The van der Waals surface area contributed by atoms with Crippen LogP contribution in [0.3, 0.4) is 0 Å². The fourth-order valence-electron chi connectivity index (χ4n) is 4.18. The number of halogens is 6. The van der Waals surface area contributed by atoms with Crippen LogP contribution in [0, 0.1) is 0 Å². The fourth-order valence-corrected chi connectivity index (χ4v) is 4.18. The van der Waals surface area contributed by atoms with Gasteiger partial charge in [-0.3, -0.25) is 9.59 Å². The molecule has 0 radical (unpaired) electrons. The van der Waals surface area contributed by atoms with Gasteiger partial charge in [0.15, 0.2) is 0 Å². The Kier molecular flexibility index (Phi) is 10.7. The summed E-state index contributed by atoms with van der Waals surface area (Å²) in [5.74, 6) is -2.27. The number of alkyl halides is 6. The van der Waals surface area contributed by atoms with Crippen molar-refractivity contribution >= 4 is 23.5 Å². The highest BCUT2D eigenvalue weighted by molar-refractivity contribution is 6.05. The molecule has 45 heavy (non-hydrogen) atoms. The van der Waals surface area contributed by atoms with Crippen molar-refractivity contribution in [2.75, 3.05) is 11.9 Å². The average Bonchev–Trinajstić information content (AvgIpc) is 2.94. The lowest BCUT2D eigenvalue weighted by molar-refractivity contribution is -0.156. The van der Waals surface area contributed by atoms with Crippen LogP contribution in [0.2, 0.25) is 0 Å². The second-order valence-electron chi connectivity index (χ2n) is 11.1. The molecule has 2 amide bonds. The van der Waals surface area contributed by atoms with Crippen molar-refractivity contribution in [3.8, 4) is 0 Å². The van der Waals surface area contributed by atoms with Crippen molar-refractivity contribution in [2.24, 2.45) is 5.73 Å². The van der Waals surface area contributed by atoms with E-state index in [1.807, 2.05) is 0 Å². The monoisotopic (exact) mass is 639 g/mol. The van der Waals surface area contributed by atoms with E-state index in [4.69, 9.17) is 10.5 Å². The van der Waals surface area contributed by atoms with Crippen LogP contribution in [0.25, 0.3) is 0 Å². The van der Waals surface area contributed by atoms with Gasteiger partial charge in [-0.2, -0.15) is 26.3 Å². The standard InChI is InChI=1S/C31H31F6N3O5/c1-29(2,3)45-28(44)25(38)17-8-10-18(11-9-17)26(42)40-23(16-41)12-19-6-4-5-7-24(19)27(43)39-22-14-20(30(32,33)34)13-21(15-22)31(35,36)37/h4-11,13-15,23,25,41H,12,16,38H2,1-3H3,(H,39,43)(H,40,42)/t23-,25?/m1/s1. The number of benzene rings is 3. The lowest BCUT2D eigenvalue weighted by Crippen LogP contribution is -2.39. The maximum Gasteiger partial charge on any atom is 0.416 e. The third kappa shape index (κ3) is 9.78. The molecular formula is C31H31F6N3O5. The number of nitrogens with two attached hydrogens (primary N) is 1. The lowest BCUT2D eigenvalue weighted by atomic mass is 9.99. The fraction of sp³-hybridized carbons (Fsp3) is 0.323. The molecule has 0 aliphatic rings. The van der Waals surface area contributed by atoms with Gasteiger partial charge in [-0.05, 0) is 74.7 Å². The summed E-state index contributed by atoms with van der Waals surface area (Å²) in [4.78, 5) is 38.1. The van der Waals surface area contributed by atoms with Gasteiger partial charge in [0.05, 0.1) is 23.8 Å². The summed E-state index contributed by atoms with van der Waals surface area (Å²) in [6.45, 7) is 4.50. The molecule has 5 N–H and O–H groups in total. The van der Waals surface area contributed by atoms with E-state index in [1.54, 1.807) is 20.8 Å². The molecule has 14 heteroatoms. The van der Waals surface area contributed by atoms with Gasteiger partial charge in [0.2, 0.25) is 0 Å². The Labute approximate surface area is 254 Å². The largest absolute Gasteiger partial charge is 0.459 e. The van der Waals surface area contributed by atoms with Crippen LogP contribution in [-0.4, -0.2) is 41.1 Å².